The molecule has 0 amide bonds. The van der Waals surface area contributed by atoms with Gasteiger partial charge in [0.05, 0.1) is 11.6 Å². The van der Waals surface area contributed by atoms with Crippen molar-refractivity contribution in [1.82, 2.24) is 10.0 Å². The third-order valence-corrected chi connectivity index (χ3v) is 0.970. The van der Waals surface area contributed by atoms with Gasteiger partial charge in [0.2, 0.25) is 0 Å². The summed E-state index contributed by atoms with van der Waals surface area (Å²) < 4.78 is 0. The Morgan fingerprint density at radius 1 is 1.77 bits per heavy atom. The van der Waals surface area contributed by atoms with E-state index < -0.39 is 5.09 Å². The van der Waals surface area contributed by atoms with Crippen molar-refractivity contribution in [3.8, 4) is 0 Å². The van der Waals surface area contributed by atoms with Crippen molar-refractivity contribution in [2.45, 2.75) is 0 Å². The topological polar surface area (TPSA) is 111 Å². The molecule has 0 saturated heterocycles. The molecular weight excluding hydrogens is 178 g/mol. The van der Waals surface area contributed by atoms with Crippen molar-refractivity contribution in [1.29, 1.82) is 0 Å². The van der Waals surface area contributed by atoms with Crippen LogP contribution in [0.5, 0.6) is 0 Å². The number of hydrogen-bond acceptors (Lipinski definition) is 7. The highest BCUT2D eigenvalue weighted by atomic mass is 16.9. The van der Waals surface area contributed by atoms with Crippen LogP contribution < -0.4 is 5.84 Å². The van der Waals surface area contributed by atoms with E-state index in [-0.39, 0.29) is 0 Å². The van der Waals surface area contributed by atoms with Crippen LogP contribution in [0.1, 0.15) is 0 Å². The first-order valence-electron chi connectivity index (χ1n) is 3.22. The van der Waals surface area contributed by atoms with Gasteiger partial charge in [-0.05, 0) is 0 Å². The van der Waals surface area contributed by atoms with Crippen molar-refractivity contribution < 1.29 is 5.09 Å². The highest BCUT2D eigenvalue weighted by molar-refractivity contribution is 5.54. The Balaban J connectivity index is 0.000000310. The number of nitrogens with two attached hydrogens (primary N) is 1. The molecular formula is C5H9N5O3. The molecule has 2 N–H and O–H groups in total. The summed E-state index contributed by atoms with van der Waals surface area (Å²) in [6.45, 7) is 4.89. The van der Waals surface area contributed by atoms with Crippen LogP contribution in [0.4, 0.5) is 0 Å². The van der Waals surface area contributed by atoms with Crippen LogP contribution in [0.3, 0.4) is 0 Å². The fourth-order valence-electron chi connectivity index (χ4n) is 0.607. The Morgan fingerprint density at radius 3 is 2.62 bits per heavy atom. The van der Waals surface area contributed by atoms with E-state index in [9.17, 15) is 0 Å². The van der Waals surface area contributed by atoms with E-state index in [0.29, 0.717) is 6.67 Å². The molecule has 1 heterocycles. The lowest BCUT2D eigenvalue weighted by Gasteiger charge is -2.03. The van der Waals surface area contributed by atoms with E-state index in [0.717, 1.165) is 6.54 Å². The molecule has 1 aliphatic rings. The normalized spacial score (nSPS) is 13.0. The van der Waals surface area contributed by atoms with Crippen LogP contribution in [-0.2, 0) is 0 Å². The lowest BCUT2D eigenvalue weighted by Crippen LogP contribution is -2.32. The fraction of sp³-hybridized carbons (Fsp3) is 0.400. The quantitative estimate of drug-likeness (QED) is 0.199. The third-order valence-electron chi connectivity index (χ3n) is 0.970. The Kier molecular flexibility index (Phi) is 4.85. The molecule has 0 fully saturated rings. The van der Waals surface area contributed by atoms with Crippen LogP contribution in [0.25, 0.3) is 0 Å². The summed E-state index contributed by atoms with van der Waals surface area (Å²) in [5.74, 6) is 5.31. The maximum absolute atomic E-state index is 8.25. The predicted octanol–water partition coefficient (Wildman–Crippen LogP) is -0.798. The summed E-state index contributed by atoms with van der Waals surface area (Å²) >= 11 is 0. The molecule has 0 saturated carbocycles. The highest BCUT2D eigenvalue weighted by Crippen LogP contribution is 1.95. The summed E-state index contributed by atoms with van der Waals surface area (Å²) in [7, 11) is 0. The molecule has 13 heavy (non-hydrogen) atoms. The van der Waals surface area contributed by atoms with Crippen molar-refractivity contribution in [2.75, 3.05) is 13.2 Å². The molecule has 0 aromatic carbocycles. The minimum Gasteiger partial charge on any atom is -0.356 e. The van der Waals surface area contributed by atoms with E-state index in [4.69, 9.17) is 21.2 Å². The summed E-state index contributed by atoms with van der Waals surface area (Å²) in [4.78, 5) is 8.25. The van der Waals surface area contributed by atoms with Crippen molar-refractivity contribution in [3.05, 3.63) is 28.0 Å². The van der Waals surface area contributed by atoms with Crippen molar-refractivity contribution in [3.63, 3.8) is 0 Å². The number of hydrazone groups is 1. The molecule has 1 rings (SSSR count). The van der Waals surface area contributed by atoms with E-state index in [1.165, 1.54) is 5.01 Å². The predicted molar refractivity (Wildman–Crippen MR) is 45.6 cm³/mol. The van der Waals surface area contributed by atoms with Gasteiger partial charge in [-0.2, -0.15) is 0 Å². The van der Waals surface area contributed by atoms with Crippen LogP contribution in [0.2, 0.25) is 0 Å². The van der Waals surface area contributed by atoms with Crippen LogP contribution >= 0.6 is 0 Å². The van der Waals surface area contributed by atoms with Gasteiger partial charge in [-0.25, -0.2) is 10.9 Å². The highest BCUT2D eigenvalue weighted by Gasteiger charge is 2.22. The molecule has 0 aromatic rings. The maximum Gasteiger partial charge on any atom is 0.561 e. The first-order valence-corrected chi connectivity index (χ1v) is 3.22. The SMILES string of the molecule is C=CCN1CN(N)[C+]=N1.O=[N+]([O-])[O-]. The van der Waals surface area contributed by atoms with Gasteiger partial charge in [0.15, 0.2) is 6.67 Å². The molecule has 8 nitrogen and oxygen atoms in total. The van der Waals surface area contributed by atoms with Gasteiger partial charge in [-0.15, -0.1) is 6.58 Å². The maximum atomic E-state index is 8.25. The fourth-order valence-corrected chi connectivity index (χ4v) is 0.607. The zero-order valence-corrected chi connectivity index (χ0v) is 6.79. The second-order valence-electron chi connectivity index (χ2n) is 2.01. The van der Waals surface area contributed by atoms with Crippen LogP contribution in [0, 0.1) is 15.3 Å². The van der Waals surface area contributed by atoms with Gasteiger partial charge in [0.1, 0.15) is 5.10 Å². The summed E-state index contributed by atoms with van der Waals surface area (Å²) in [6, 6.07) is 0. The first-order chi connectivity index (χ1) is 6.06. The van der Waals surface area contributed by atoms with E-state index in [1.54, 1.807) is 11.1 Å². The van der Waals surface area contributed by atoms with E-state index >= 15 is 0 Å². The molecule has 0 bridgehead atoms. The number of rotatable bonds is 2. The molecule has 0 unspecified atom stereocenters. The van der Waals surface area contributed by atoms with Gasteiger partial charge in [-0.1, -0.05) is 11.1 Å². The Morgan fingerprint density at radius 2 is 2.31 bits per heavy atom. The molecule has 1 aliphatic heterocycles. The zero-order chi connectivity index (χ0) is 10.3. The summed E-state index contributed by atoms with van der Waals surface area (Å²) in [5.41, 5.74) is 0. The minimum atomic E-state index is -1.75. The largest absolute Gasteiger partial charge is 0.561 e. The smallest absolute Gasteiger partial charge is 0.356 e. The van der Waals surface area contributed by atoms with Gasteiger partial charge in [0.25, 0.3) is 0 Å². The monoisotopic (exact) mass is 187 g/mol. The minimum absolute atomic E-state index is 0.603. The molecule has 0 aromatic heterocycles. The average molecular weight is 187 g/mol. The van der Waals surface area contributed by atoms with Gasteiger partial charge < -0.3 is 15.3 Å². The van der Waals surface area contributed by atoms with Crippen molar-refractivity contribution >= 4 is 6.34 Å². The van der Waals surface area contributed by atoms with Gasteiger partial charge >= 0.3 is 6.34 Å². The molecule has 0 atom stereocenters. The molecule has 0 spiro atoms. The summed E-state index contributed by atoms with van der Waals surface area (Å²) in [5, 5.41) is 21.7. The van der Waals surface area contributed by atoms with Gasteiger partial charge in [-0.3, -0.25) is 0 Å². The average Bonchev–Trinajstić information content (AvgIpc) is 2.35. The lowest BCUT2D eigenvalue weighted by molar-refractivity contribution is -0.402. The number of hydrogen-bond donors (Lipinski definition) is 1. The Bertz CT molecular complexity index is 202. The second kappa shape index (κ2) is 5.70. The van der Waals surface area contributed by atoms with E-state index in [1.807, 2.05) is 0 Å². The second-order valence-corrected chi connectivity index (χ2v) is 2.01. The molecule has 0 radical (unpaired) electrons. The third kappa shape index (κ3) is 6.48. The Hall–Kier alpha value is -1.92. The van der Waals surface area contributed by atoms with Crippen LogP contribution in [0.15, 0.2) is 17.8 Å². The molecule has 8 heteroatoms. The van der Waals surface area contributed by atoms with Gasteiger partial charge in [0, 0.05) is 0 Å². The van der Waals surface area contributed by atoms with Crippen LogP contribution in [-0.4, -0.2) is 34.7 Å². The standard InChI is InChI=1S/C5H9N4.NO3/c1-2-3-9-5-8(6)4-7-9;2-1(3)4/h2H,1,3,5-6H2;/q+1;-1. The van der Waals surface area contributed by atoms with E-state index in [2.05, 4.69) is 18.0 Å². The lowest BCUT2D eigenvalue weighted by atomic mass is 10.6. The molecule has 0 aliphatic carbocycles. The number of nitrogens with zero attached hydrogens (tertiary/aromatic N) is 4. The summed E-state index contributed by atoms with van der Waals surface area (Å²) in [6.07, 6.45) is 4.34. The molecule has 72 valence electrons. The zero-order valence-electron chi connectivity index (χ0n) is 6.79. The number of hydrazine groups is 1. The Labute approximate surface area is 74.6 Å². The van der Waals surface area contributed by atoms with Crippen molar-refractivity contribution in [2.24, 2.45) is 10.9 Å². The first kappa shape index (κ1) is 11.1.